The number of likely N-dealkylation sites (tertiary alicyclic amines) is 1. The molecule has 1 saturated heterocycles. The molecule has 21 heavy (non-hydrogen) atoms. The lowest BCUT2D eigenvalue weighted by molar-refractivity contribution is -0.148. The molecule has 1 amide bonds. The number of carboxylic acids is 1. The summed E-state index contributed by atoms with van der Waals surface area (Å²) in [5, 5.41) is 9.54. The first-order chi connectivity index (χ1) is 9.74. The summed E-state index contributed by atoms with van der Waals surface area (Å²) >= 11 is 3.42. The molecular weight excluding hydrogens is 334 g/mol. The zero-order chi connectivity index (χ0) is 15.8. The number of carboxylic acid groups (broad SMARTS) is 1. The highest BCUT2D eigenvalue weighted by molar-refractivity contribution is 9.10. The fraction of sp³-hybridized carbons (Fsp3) is 0.500. The van der Waals surface area contributed by atoms with Crippen LogP contribution in [0.1, 0.15) is 42.6 Å². The highest BCUT2D eigenvalue weighted by Crippen LogP contribution is 2.36. The number of carbonyl (C=O) groups is 2. The smallest absolute Gasteiger partial charge is 0.326 e. The topological polar surface area (TPSA) is 57.6 Å². The Labute approximate surface area is 133 Å². The van der Waals surface area contributed by atoms with Gasteiger partial charge in [0.15, 0.2) is 0 Å². The molecule has 1 N–H and O–H groups in total. The maximum atomic E-state index is 12.7. The van der Waals surface area contributed by atoms with Crippen molar-refractivity contribution in [3.8, 4) is 0 Å². The summed E-state index contributed by atoms with van der Waals surface area (Å²) in [5.41, 5.74) is 1.15. The van der Waals surface area contributed by atoms with Crippen molar-refractivity contribution in [2.45, 2.75) is 39.7 Å². The molecule has 0 radical (unpaired) electrons. The first-order valence-corrected chi connectivity index (χ1v) is 7.83. The summed E-state index contributed by atoms with van der Waals surface area (Å²) in [6.45, 7) is 6.26. The number of aryl methyl sites for hydroxylation is 1. The molecule has 1 aromatic rings. The minimum absolute atomic E-state index is 0.212. The van der Waals surface area contributed by atoms with Crippen LogP contribution in [0, 0.1) is 12.3 Å². The van der Waals surface area contributed by atoms with Crippen molar-refractivity contribution < 1.29 is 14.7 Å². The molecule has 0 aliphatic carbocycles. The average molecular weight is 354 g/mol. The third-order valence-electron chi connectivity index (χ3n) is 4.19. The van der Waals surface area contributed by atoms with E-state index in [9.17, 15) is 14.7 Å². The van der Waals surface area contributed by atoms with Crippen molar-refractivity contribution in [1.29, 1.82) is 0 Å². The monoisotopic (exact) mass is 353 g/mol. The molecule has 1 aliphatic rings. The van der Waals surface area contributed by atoms with Crippen LogP contribution in [0.2, 0.25) is 0 Å². The van der Waals surface area contributed by atoms with Gasteiger partial charge in [0.1, 0.15) is 6.04 Å². The van der Waals surface area contributed by atoms with Crippen LogP contribution >= 0.6 is 15.9 Å². The van der Waals surface area contributed by atoms with E-state index < -0.39 is 17.4 Å². The van der Waals surface area contributed by atoms with Crippen LogP contribution in [0.15, 0.2) is 22.7 Å². The van der Waals surface area contributed by atoms with Crippen molar-refractivity contribution in [1.82, 2.24) is 4.90 Å². The predicted molar refractivity (Wildman–Crippen MR) is 84.4 cm³/mol. The van der Waals surface area contributed by atoms with E-state index in [1.165, 1.54) is 4.90 Å². The Morgan fingerprint density at radius 1 is 1.38 bits per heavy atom. The second kappa shape index (κ2) is 5.79. The van der Waals surface area contributed by atoms with E-state index in [-0.39, 0.29) is 5.91 Å². The van der Waals surface area contributed by atoms with Crippen LogP contribution in [-0.4, -0.2) is 34.5 Å². The van der Waals surface area contributed by atoms with Gasteiger partial charge in [-0.05, 0) is 42.9 Å². The normalized spacial score (nSPS) is 21.1. The van der Waals surface area contributed by atoms with Crippen molar-refractivity contribution in [2.75, 3.05) is 6.54 Å². The van der Waals surface area contributed by atoms with E-state index in [1.807, 2.05) is 26.8 Å². The Hall–Kier alpha value is -1.36. The number of aliphatic carboxylic acids is 1. The molecule has 2 rings (SSSR count). The van der Waals surface area contributed by atoms with Gasteiger partial charge in [-0.3, -0.25) is 4.79 Å². The third kappa shape index (κ3) is 3.12. The van der Waals surface area contributed by atoms with Crippen LogP contribution < -0.4 is 0 Å². The van der Waals surface area contributed by atoms with Gasteiger partial charge in [-0.2, -0.15) is 0 Å². The number of benzene rings is 1. The zero-order valence-electron chi connectivity index (χ0n) is 12.5. The molecule has 4 nitrogen and oxygen atoms in total. The van der Waals surface area contributed by atoms with E-state index >= 15 is 0 Å². The average Bonchev–Trinajstić information content (AvgIpc) is 2.39. The van der Waals surface area contributed by atoms with Crippen LogP contribution in [0.4, 0.5) is 0 Å². The Balaban J connectivity index is 2.35. The first-order valence-electron chi connectivity index (χ1n) is 7.04. The van der Waals surface area contributed by atoms with Crippen LogP contribution in [0.3, 0.4) is 0 Å². The number of piperidine rings is 1. The number of carbonyl (C=O) groups excluding carboxylic acids is 1. The highest BCUT2D eigenvalue weighted by atomic mass is 79.9. The molecule has 114 valence electrons. The van der Waals surface area contributed by atoms with Gasteiger partial charge in [0, 0.05) is 16.6 Å². The number of rotatable bonds is 2. The van der Waals surface area contributed by atoms with E-state index in [1.54, 1.807) is 12.1 Å². The summed E-state index contributed by atoms with van der Waals surface area (Å²) in [5.74, 6) is -1.14. The van der Waals surface area contributed by atoms with Gasteiger partial charge in [0.25, 0.3) is 5.91 Å². The van der Waals surface area contributed by atoms with Crippen molar-refractivity contribution in [2.24, 2.45) is 5.41 Å². The van der Waals surface area contributed by atoms with E-state index in [2.05, 4.69) is 15.9 Å². The quantitative estimate of drug-likeness (QED) is 0.885. The third-order valence-corrected chi connectivity index (χ3v) is 5.04. The summed E-state index contributed by atoms with van der Waals surface area (Å²) in [4.78, 5) is 25.8. The molecule has 0 aromatic heterocycles. The van der Waals surface area contributed by atoms with E-state index in [0.29, 0.717) is 12.1 Å². The Kier molecular flexibility index (Phi) is 4.42. The maximum Gasteiger partial charge on any atom is 0.326 e. The predicted octanol–water partition coefficient (Wildman–Crippen LogP) is 3.47. The summed E-state index contributed by atoms with van der Waals surface area (Å²) < 4.78 is 0.858. The van der Waals surface area contributed by atoms with E-state index in [0.717, 1.165) is 22.9 Å². The van der Waals surface area contributed by atoms with Gasteiger partial charge in [-0.1, -0.05) is 35.8 Å². The Bertz CT molecular complexity index is 583. The lowest BCUT2D eigenvalue weighted by Gasteiger charge is -2.44. The molecule has 1 atom stereocenters. The maximum absolute atomic E-state index is 12.7. The van der Waals surface area contributed by atoms with E-state index in [4.69, 9.17) is 0 Å². The molecule has 1 aromatic carbocycles. The number of hydrogen-bond donors (Lipinski definition) is 1. The second-order valence-electron chi connectivity index (χ2n) is 6.30. The SMILES string of the molecule is Cc1ccc(C(=O)N2CCCC(C)(C)C2C(=O)O)cc1Br. The zero-order valence-corrected chi connectivity index (χ0v) is 14.1. The molecule has 0 spiro atoms. The number of halogens is 1. The Morgan fingerprint density at radius 2 is 2.05 bits per heavy atom. The van der Waals surface area contributed by atoms with Crippen LogP contribution in [0.5, 0.6) is 0 Å². The number of amides is 1. The van der Waals surface area contributed by atoms with Gasteiger partial charge in [-0.25, -0.2) is 4.79 Å². The molecular formula is C16H20BrNO3. The fourth-order valence-electron chi connectivity index (χ4n) is 2.97. The summed E-state index contributed by atoms with van der Waals surface area (Å²) in [7, 11) is 0. The van der Waals surface area contributed by atoms with Crippen molar-refractivity contribution in [3.63, 3.8) is 0 Å². The molecule has 5 heteroatoms. The molecule has 1 unspecified atom stereocenters. The lowest BCUT2D eigenvalue weighted by Crippen LogP contribution is -2.56. The van der Waals surface area contributed by atoms with Gasteiger partial charge < -0.3 is 10.0 Å². The van der Waals surface area contributed by atoms with Crippen LogP contribution in [0.25, 0.3) is 0 Å². The summed E-state index contributed by atoms with van der Waals surface area (Å²) in [6.07, 6.45) is 1.64. The molecule has 0 saturated carbocycles. The second-order valence-corrected chi connectivity index (χ2v) is 7.15. The van der Waals surface area contributed by atoms with Gasteiger partial charge in [0.05, 0.1) is 0 Å². The lowest BCUT2D eigenvalue weighted by atomic mass is 9.76. The molecule has 1 heterocycles. The highest BCUT2D eigenvalue weighted by Gasteiger charge is 2.44. The Morgan fingerprint density at radius 3 is 2.62 bits per heavy atom. The molecule has 1 fully saturated rings. The number of nitrogens with zero attached hydrogens (tertiary/aromatic N) is 1. The van der Waals surface area contributed by atoms with Crippen LogP contribution in [-0.2, 0) is 4.79 Å². The largest absolute Gasteiger partial charge is 0.480 e. The van der Waals surface area contributed by atoms with Gasteiger partial charge in [0.2, 0.25) is 0 Å². The van der Waals surface area contributed by atoms with Gasteiger partial charge >= 0.3 is 5.97 Å². The number of hydrogen-bond acceptors (Lipinski definition) is 2. The minimum atomic E-state index is -0.931. The summed E-state index contributed by atoms with van der Waals surface area (Å²) in [6, 6.07) is 4.60. The van der Waals surface area contributed by atoms with Crippen molar-refractivity contribution >= 4 is 27.8 Å². The van der Waals surface area contributed by atoms with Gasteiger partial charge in [-0.15, -0.1) is 0 Å². The minimum Gasteiger partial charge on any atom is -0.480 e. The first kappa shape index (κ1) is 16.0. The van der Waals surface area contributed by atoms with Crippen molar-refractivity contribution in [3.05, 3.63) is 33.8 Å². The fourth-order valence-corrected chi connectivity index (χ4v) is 3.35. The molecule has 1 aliphatic heterocycles. The standard InChI is InChI=1S/C16H20BrNO3/c1-10-5-6-11(9-12(10)17)14(19)18-8-4-7-16(2,3)13(18)15(20)21/h5-6,9,13H,4,7-8H2,1-3H3,(H,20,21). The molecule has 0 bridgehead atoms.